The van der Waals surface area contributed by atoms with Crippen LogP contribution in [0, 0.1) is 5.41 Å². The van der Waals surface area contributed by atoms with Crippen LogP contribution in [0.1, 0.15) is 39.0 Å². The molecule has 1 atom stereocenters. The van der Waals surface area contributed by atoms with Crippen molar-refractivity contribution in [3.8, 4) is 0 Å². The molecule has 0 aliphatic carbocycles. The minimum atomic E-state index is -0.713. The van der Waals surface area contributed by atoms with Gasteiger partial charge >= 0.3 is 0 Å². The Morgan fingerprint density at radius 3 is 2.52 bits per heavy atom. The first-order valence-electron chi connectivity index (χ1n) is 7.96. The number of ether oxygens (including phenoxy) is 1. The van der Waals surface area contributed by atoms with E-state index in [4.69, 9.17) is 22.7 Å². The number of amides is 1. The summed E-state index contributed by atoms with van der Waals surface area (Å²) in [6, 6.07) is 0.359. The smallest absolute Gasteiger partial charge is 0.233 e. The van der Waals surface area contributed by atoms with E-state index in [1.807, 2.05) is 0 Å². The fraction of sp³-hybridized carbons (Fsp3) is 0.867. The Kier molecular flexibility index (Phi) is 5.96. The van der Waals surface area contributed by atoms with Gasteiger partial charge in [0.25, 0.3) is 0 Å². The van der Waals surface area contributed by atoms with E-state index in [1.165, 1.54) is 19.3 Å². The van der Waals surface area contributed by atoms with Crippen LogP contribution in [0.3, 0.4) is 0 Å². The van der Waals surface area contributed by atoms with Crippen molar-refractivity contribution in [2.75, 3.05) is 32.8 Å². The van der Waals surface area contributed by atoms with Crippen LogP contribution in [0.15, 0.2) is 0 Å². The highest BCUT2D eigenvalue weighted by atomic mass is 32.1. The number of carbonyl (C=O) groups excluding carboxylic acids is 1. The minimum Gasteiger partial charge on any atom is -0.392 e. The lowest BCUT2D eigenvalue weighted by Crippen LogP contribution is -2.54. The van der Waals surface area contributed by atoms with Gasteiger partial charge in [0.05, 0.1) is 4.99 Å². The van der Waals surface area contributed by atoms with Crippen molar-refractivity contribution in [2.24, 2.45) is 11.1 Å². The van der Waals surface area contributed by atoms with Gasteiger partial charge in [-0.3, -0.25) is 9.69 Å². The van der Waals surface area contributed by atoms with Crippen molar-refractivity contribution < 1.29 is 9.53 Å². The Balaban J connectivity index is 1.88. The maximum absolute atomic E-state index is 12.6. The molecule has 1 unspecified atom stereocenters. The van der Waals surface area contributed by atoms with E-state index in [0.717, 1.165) is 13.1 Å². The van der Waals surface area contributed by atoms with Crippen LogP contribution < -0.4 is 11.1 Å². The molecule has 2 fully saturated rings. The molecule has 2 aliphatic rings. The van der Waals surface area contributed by atoms with E-state index in [0.29, 0.717) is 43.6 Å². The lowest BCUT2D eigenvalue weighted by Gasteiger charge is -2.36. The molecule has 3 N–H and O–H groups in total. The zero-order valence-electron chi connectivity index (χ0n) is 12.9. The zero-order valence-corrected chi connectivity index (χ0v) is 13.7. The number of nitrogens with two attached hydrogens (primary N) is 1. The molecule has 0 aromatic rings. The fourth-order valence-electron chi connectivity index (χ4n) is 3.20. The third-order valence-corrected chi connectivity index (χ3v) is 5.22. The van der Waals surface area contributed by atoms with Gasteiger partial charge in [0.2, 0.25) is 5.91 Å². The van der Waals surface area contributed by atoms with Gasteiger partial charge in [0.15, 0.2) is 0 Å². The van der Waals surface area contributed by atoms with Crippen molar-refractivity contribution >= 4 is 23.1 Å². The van der Waals surface area contributed by atoms with Crippen LogP contribution in [0.2, 0.25) is 0 Å². The number of hydrogen-bond donors (Lipinski definition) is 2. The summed E-state index contributed by atoms with van der Waals surface area (Å²) in [5, 5.41) is 3.07. The summed E-state index contributed by atoms with van der Waals surface area (Å²) in [5.41, 5.74) is 5.14. The molecule has 5 nitrogen and oxygen atoms in total. The number of hydrogen-bond acceptors (Lipinski definition) is 4. The van der Waals surface area contributed by atoms with Crippen molar-refractivity contribution in [1.29, 1.82) is 0 Å². The van der Waals surface area contributed by atoms with Gasteiger partial charge in [0.1, 0.15) is 5.41 Å². The zero-order chi connectivity index (χ0) is 15.3. The normalized spacial score (nSPS) is 24.2. The van der Waals surface area contributed by atoms with Crippen LogP contribution in [0.4, 0.5) is 0 Å². The summed E-state index contributed by atoms with van der Waals surface area (Å²) in [5.74, 6) is -0.0258. The standard InChI is InChI=1S/C15H27N3O2S/c1-12(18-7-3-2-4-8-18)11-17-14(19)15(13(16)21)5-9-20-10-6-15/h12H,2-11H2,1H3,(H2,16,21)(H,17,19). The average molecular weight is 313 g/mol. The van der Waals surface area contributed by atoms with E-state index in [2.05, 4.69) is 17.1 Å². The SMILES string of the molecule is CC(CNC(=O)C1(C(N)=S)CCOCC1)N1CCCCC1. The van der Waals surface area contributed by atoms with Gasteiger partial charge < -0.3 is 15.8 Å². The predicted octanol–water partition coefficient (Wildman–Crippen LogP) is 1.06. The van der Waals surface area contributed by atoms with Crippen LogP contribution in [-0.2, 0) is 9.53 Å². The number of nitrogens with zero attached hydrogens (tertiary/aromatic N) is 1. The third-order valence-electron chi connectivity index (χ3n) is 4.82. The molecule has 6 heteroatoms. The summed E-state index contributed by atoms with van der Waals surface area (Å²) in [6.07, 6.45) is 5.01. The first-order chi connectivity index (χ1) is 10.1. The summed E-state index contributed by atoms with van der Waals surface area (Å²) >= 11 is 5.16. The molecular formula is C15H27N3O2S. The quantitative estimate of drug-likeness (QED) is 0.743. The molecule has 2 heterocycles. The largest absolute Gasteiger partial charge is 0.392 e. The summed E-state index contributed by atoms with van der Waals surface area (Å²) in [6.45, 7) is 6.18. The molecular weight excluding hydrogens is 286 g/mol. The molecule has 0 bridgehead atoms. The molecule has 21 heavy (non-hydrogen) atoms. The van der Waals surface area contributed by atoms with E-state index in [-0.39, 0.29) is 5.91 Å². The van der Waals surface area contributed by atoms with Gasteiger partial charge in [-0.25, -0.2) is 0 Å². The van der Waals surface area contributed by atoms with Crippen molar-refractivity contribution in [1.82, 2.24) is 10.2 Å². The van der Waals surface area contributed by atoms with Crippen molar-refractivity contribution in [3.63, 3.8) is 0 Å². The second-order valence-electron chi connectivity index (χ2n) is 6.21. The lowest BCUT2D eigenvalue weighted by atomic mass is 9.79. The maximum atomic E-state index is 12.6. The Hall–Kier alpha value is -0.720. The van der Waals surface area contributed by atoms with E-state index >= 15 is 0 Å². The number of nitrogens with one attached hydrogen (secondary N) is 1. The van der Waals surface area contributed by atoms with Crippen molar-refractivity contribution in [3.05, 3.63) is 0 Å². The highest BCUT2D eigenvalue weighted by Crippen LogP contribution is 2.31. The van der Waals surface area contributed by atoms with Gasteiger partial charge in [-0.2, -0.15) is 0 Å². The van der Waals surface area contributed by atoms with Crippen LogP contribution in [0.5, 0.6) is 0 Å². The molecule has 0 aromatic heterocycles. The second-order valence-corrected chi connectivity index (χ2v) is 6.65. The second kappa shape index (κ2) is 7.51. The van der Waals surface area contributed by atoms with E-state index in [9.17, 15) is 4.79 Å². The van der Waals surface area contributed by atoms with Crippen molar-refractivity contribution in [2.45, 2.75) is 45.1 Å². The molecule has 2 rings (SSSR count). The molecule has 1 amide bonds. The van der Waals surface area contributed by atoms with Gasteiger partial charge in [-0.05, 0) is 45.7 Å². The summed E-state index contributed by atoms with van der Waals surface area (Å²) in [4.78, 5) is 15.3. The number of thiocarbonyl (C=S) groups is 1. The van der Waals surface area contributed by atoms with Gasteiger partial charge in [-0.15, -0.1) is 0 Å². The van der Waals surface area contributed by atoms with Crippen LogP contribution in [-0.4, -0.2) is 54.7 Å². The number of piperidine rings is 1. The Morgan fingerprint density at radius 2 is 1.95 bits per heavy atom. The topological polar surface area (TPSA) is 67.6 Å². The molecule has 0 spiro atoms. The molecule has 0 saturated carbocycles. The predicted molar refractivity (Wildman–Crippen MR) is 87.2 cm³/mol. The number of likely N-dealkylation sites (tertiary alicyclic amines) is 1. The lowest BCUT2D eigenvalue weighted by molar-refractivity contribution is -0.131. The maximum Gasteiger partial charge on any atom is 0.233 e. The van der Waals surface area contributed by atoms with Gasteiger partial charge in [-0.1, -0.05) is 18.6 Å². The molecule has 0 radical (unpaired) electrons. The Morgan fingerprint density at radius 1 is 1.33 bits per heavy atom. The van der Waals surface area contributed by atoms with Gasteiger partial charge in [0, 0.05) is 25.8 Å². The fourth-order valence-corrected chi connectivity index (χ4v) is 3.50. The van der Waals surface area contributed by atoms with Crippen LogP contribution >= 0.6 is 12.2 Å². The Bertz CT molecular complexity index is 377. The molecule has 2 aliphatic heterocycles. The number of carbonyl (C=O) groups is 1. The molecule has 2 saturated heterocycles. The Labute approximate surface area is 132 Å². The van der Waals surface area contributed by atoms with E-state index < -0.39 is 5.41 Å². The summed E-state index contributed by atoms with van der Waals surface area (Å²) < 4.78 is 5.34. The van der Waals surface area contributed by atoms with E-state index in [1.54, 1.807) is 0 Å². The highest BCUT2D eigenvalue weighted by molar-refractivity contribution is 7.80. The highest BCUT2D eigenvalue weighted by Gasteiger charge is 2.43. The van der Waals surface area contributed by atoms with Crippen LogP contribution in [0.25, 0.3) is 0 Å². The number of rotatable bonds is 5. The first-order valence-corrected chi connectivity index (χ1v) is 8.37. The molecule has 120 valence electrons. The first kappa shape index (κ1) is 16.6. The minimum absolute atomic E-state index is 0.0258. The molecule has 0 aromatic carbocycles. The average Bonchev–Trinajstić information content (AvgIpc) is 2.53. The monoisotopic (exact) mass is 313 g/mol. The third kappa shape index (κ3) is 3.93. The summed E-state index contributed by atoms with van der Waals surface area (Å²) in [7, 11) is 0.